The van der Waals surface area contributed by atoms with Crippen LogP contribution in [-0.4, -0.2) is 18.0 Å². The van der Waals surface area contributed by atoms with Crippen molar-refractivity contribution >= 4 is 0 Å². The van der Waals surface area contributed by atoms with Crippen molar-refractivity contribution in [3.63, 3.8) is 0 Å². The van der Waals surface area contributed by atoms with E-state index < -0.39 is 0 Å². The van der Waals surface area contributed by atoms with Crippen LogP contribution in [0.5, 0.6) is 0 Å². The number of nitrogens with zero attached hydrogens (tertiary/aromatic N) is 1. The van der Waals surface area contributed by atoms with Gasteiger partial charge < -0.3 is 10.2 Å². The molecule has 0 aliphatic heterocycles. The zero-order valence-electron chi connectivity index (χ0n) is 9.99. The van der Waals surface area contributed by atoms with E-state index in [4.69, 9.17) is 10.2 Å². The van der Waals surface area contributed by atoms with Crippen LogP contribution in [0, 0.1) is 0 Å². The Labute approximate surface area is 92.2 Å². The van der Waals surface area contributed by atoms with Gasteiger partial charge in [-0.2, -0.15) is 0 Å². The average molecular weight is 210 g/mol. The van der Waals surface area contributed by atoms with Crippen LogP contribution in [0.25, 0.3) is 0 Å². The molecule has 2 N–H and O–H groups in total. The molecule has 3 nitrogen and oxygen atoms in total. The molecule has 0 saturated carbocycles. The summed E-state index contributed by atoms with van der Waals surface area (Å²) in [5.41, 5.74) is 6.74. The topological polar surface area (TPSA) is 42.4 Å². The minimum absolute atomic E-state index is 0.557. The molecule has 1 unspecified atom stereocenters. The average Bonchev–Trinajstić information content (AvgIpc) is 2.65. The SMILES string of the molecule is CCCC(C)N(C)Cc1occc1CN. The van der Waals surface area contributed by atoms with Crippen LogP contribution < -0.4 is 5.73 Å². The van der Waals surface area contributed by atoms with E-state index in [-0.39, 0.29) is 0 Å². The molecular formula is C12H22N2O. The van der Waals surface area contributed by atoms with Crippen LogP contribution in [0.3, 0.4) is 0 Å². The summed E-state index contributed by atoms with van der Waals surface area (Å²) in [7, 11) is 2.13. The summed E-state index contributed by atoms with van der Waals surface area (Å²) in [6.07, 6.45) is 4.15. The smallest absolute Gasteiger partial charge is 0.122 e. The van der Waals surface area contributed by atoms with Crippen LogP contribution in [0.2, 0.25) is 0 Å². The lowest BCUT2D eigenvalue weighted by atomic mass is 10.1. The van der Waals surface area contributed by atoms with E-state index in [1.54, 1.807) is 6.26 Å². The Balaban J connectivity index is 2.53. The summed E-state index contributed by atoms with van der Waals surface area (Å²) in [5.74, 6) is 1.00. The van der Waals surface area contributed by atoms with Gasteiger partial charge in [0.2, 0.25) is 0 Å². The van der Waals surface area contributed by atoms with Crippen molar-refractivity contribution in [3.8, 4) is 0 Å². The standard InChI is InChI=1S/C12H22N2O/c1-4-5-10(2)14(3)9-12-11(8-13)6-7-15-12/h6-7,10H,4-5,8-9,13H2,1-3H3. The fourth-order valence-electron chi connectivity index (χ4n) is 1.71. The summed E-state index contributed by atoms with van der Waals surface area (Å²) in [6.45, 7) is 5.86. The number of nitrogens with two attached hydrogens (primary N) is 1. The third-order valence-corrected chi connectivity index (χ3v) is 2.91. The second-order valence-electron chi connectivity index (χ2n) is 4.13. The summed E-state index contributed by atoms with van der Waals surface area (Å²) in [6, 6.07) is 2.54. The van der Waals surface area contributed by atoms with E-state index >= 15 is 0 Å². The van der Waals surface area contributed by atoms with E-state index in [1.807, 2.05) is 6.07 Å². The van der Waals surface area contributed by atoms with Crippen molar-refractivity contribution in [1.29, 1.82) is 0 Å². The van der Waals surface area contributed by atoms with E-state index in [1.165, 1.54) is 12.8 Å². The third-order valence-electron chi connectivity index (χ3n) is 2.91. The highest BCUT2D eigenvalue weighted by molar-refractivity contribution is 5.16. The Morgan fingerprint density at radius 3 is 2.87 bits per heavy atom. The fraction of sp³-hybridized carbons (Fsp3) is 0.667. The molecule has 1 aromatic heterocycles. The predicted octanol–water partition coefficient (Wildman–Crippen LogP) is 2.36. The van der Waals surface area contributed by atoms with E-state index in [0.717, 1.165) is 17.9 Å². The molecule has 0 aromatic carbocycles. The lowest BCUT2D eigenvalue weighted by Gasteiger charge is -2.23. The summed E-state index contributed by atoms with van der Waals surface area (Å²) in [4.78, 5) is 2.31. The van der Waals surface area contributed by atoms with Crippen molar-refractivity contribution in [2.24, 2.45) is 5.73 Å². The highest BCUT2D eigenvalue weighted by Gasteiger charge is 2.12. The molecule has 0 aliphatic rings. The normalized spacial score (nSPS) is 13.4. The number of hydrogen-bond donors (Lipinski definition) is 1. The van der Waals surface area contributed by atoms with Gasteiger partial charge in [0.05, 0.1) is 12.8 Å². The first-order valence-electron chi connectivity index (χ1n) is 5.64. The first kappa shape index (κ1) is 12.3. The summed E-state index contributed by atoms with van der Waals surface area (Å²) in [5, 5.41) is 0. The number of furan rings is 1. The number of hydrogen-bond acceptors (Lipinski definition) is 3. The van der Waals surface area contributed by atoms with Crippen LogP contribution in [0.15, 0.2) is 16.7 Å². The molecule has 0 fully saturated rings. The van der Waals surface area contributed by atoms with Crippen molar-refractivity contribution in [2.45, 2.75) is 45.8 Å². The molecule has 1 aromatic rings. The maximum atomic E-state index is 5.63. The van der Waals surface area contributed by atoms with Crippen molar-refractivity contribution < 1.29 is 4.42 Å². The monoisotopic (exact) mass is 210 g/mol. The molecule has 0 saturated heterocycles. The molecule has 15 heavy (non-hydrogen) atoms. The molecule has 0 spiro atoms. The lowest BCUT2D eigenvalue weighted by molar-refractivity contribution is 0.218. The van der Waals surface area contributed by atoms with Gasteiger partial charge in [0.15, 0.2) is 0 Å². The van der Waals surface area contributed by atoms with Crippen LogP contribution >= 0.6 is 0 Å². The minimum atomic E-state index is 0.557. The van der Waals surface area contributed by atoms with Gasteiger partial charge in [0.1, 0.15) is 5.76 Å². The highest BCUT2D eigenvalue weighted by atomic mass is 16.3. The van der Waals surface area contributed by atoms with Crippen LogP contribution in [-0.2, 0) is 13.1 Å². The van der Waals surface area contributed by atoms with Crippen molar-refractivity contribution in [1.82, 2.24) is 4.90 Å². The molecule has 1 atom stereocenters. The molecule has 0 bridgehead atoms. The Morgan fingerprint density at radius 2 is 2.27 bits per heavy atom. The van der Waals surface area contributed by atoms with Gasteiger partial charge in [-0.15, -0.1) is 0 Å². The van der Waals surface area contributed by atoms with E-state index in [0.29, 0.717) is 12.6 Å². The minimum Gasteiger partial charge on any atom is -0.468 e. The van der Waals surface area contributed by atoms with Gasteiger partial charge >= 0.3 is 0 Å². The molecule has 0 aliphatic carbocycles. The van der Waals surface area contributed by atoms with Crippen LogP contribution in [0.4, 0.5) is 0 Å². The van der Waals surface area contributed by atoms with E-state index in [9.17, 15) is 0 Å². The number of rotatable bonds is 6. The van der Waals surface area contributed by atoms with Crippen LogP contribution in [0.1, 0.15) is 38.0 Å². The maximum Gasteiger partial charge on any atom is 0.122 e. The first-order chi connectivity index (χ1) is 7.19. The quantitative estimate of drug-likeness (QED) is 0.783. The van der Waals surface area contributed by atoms with Gasteiger partial charge in [-0.25, -0.2) is 0 Å². The molecule has 0 amide bonds. The molecule has 1 rings (SSSR count). The highest BCUT2D eigenvalue weighted by Crippen LogP contribution is 2.14. The third kappa shape index (κ3) is 3.36. The van der Waals surface area contributed by atoms with Crippen molar-refractivity contribution in [3.05, 3.63) is 23.7 Å². The molecule has 3 heteroatoms. The van der Waals surface area contributed by atoms with Gasteiger partial charge in [-0.3, -0.25) is 4.90 Å². The van der Waals surface area contributed by atoms with E-state index in [2.05, 4.69) is 25.8 Å². The predicted molar refractivity (Wildman–Crippen MR) is 62.4 cm³/mol. The Hall–Kier alpha value is -0.800. The Bertz CT molecular complexity index is 283. The first-order valence-corrected chi connectivity index (χ1v) is 5.64. The molecule has 0 radical (unpaired) electrons. The molecule has 86 valence electrons. The van der Waals surface area contributed by atoms with Gasteiger partial charge in [0.25, 0.3) is 0 Å². The largest absolute Gasteiger partial charge is 0.468 e. The second-order valence-corrected chi connectivity index (χ2v) is 4.13. The van der Waals surface area contributed by atoms with Gasteiger partial charge in [0, 0.05) is 18.2 Å². The van der Waals surface area contributed by atoms with Gasteiger partial charge in [-0.1, -0.05) is 13.3 Å². The Morgan fingerprint density at radius 1 is 1.53 bits per heavy atom. The maximum absolute atomic E-state index is 5.63. The zero-order chi connectivity index (χ0) is 11.3. The second kappa shape index (κ2) is 5.93. The molecule has 1 heterocycles. The van der Waals surface area contributed by atoms with Crippen molar-refractivity contribution in [2.75, 3.05) is 7.05 Å². The zero-order valence-corrected chi connectivity index (χ0v) is 9.99. The fourth-order valence-corrected chi connectivity index (χ4v) is 1.71. The molecular weight excluding hydrogens is 188 g/mol. The van der Waals surface area contributed by atoms with Gasteiger partial charge in [-0.05, 0) is 26.5 Å². The Kier molecular flexibility index (Phi) is 4.85. The summed E-state index contributed by atoms with van der Waals surface area (Å²) < 4.78 is 5.43. The lowest BCUT2D eigenvalue weighted by Crippen LogP contribution is -2.28. The summed E-state index contributed by atoms with van der Waals surface area (Å²) >= 11 is 0.